The van der Waals surface area contributed by atoms with E-state index >= 15 is 0 Å². The molecule has 0 saturated carbocycles. The van der Waals surface area contributed by atoms with Gasteiger partial charge in [-0.2, -0.15) is 0 Å². The first-order valence-corrected chi connectivity index (χ1v) is 2.97. The van der Waals surface area contributed by atoms with Crippen molar-refractivity contribution in [3.05, 3.63) is 0 Å². The molecule has 52 valence electrons. The number of carbonyl (C=O) groups excluding carboxylic acids is 1. The van der Waals surface area contributed by atoms with Gasteiger partial charge < -0.3 is 4.84 Å². The van der Waals surface area contributed by atoms with Crippen LogP contribution in [-0.4, -0.2) is 12.7 Å². The molecule has 3 nitrogen and oxygen atoms in total. The molecule has 0 heterocycles. The van der Waals surface area contributed by atoms with E-state index < -0.39 is 0 Å². The van der Waals surface area contributed by atoms with E-state index in [9.17, 15) is 4.79 Å². The molecule has 0 N–H and O–H groups in total. The number of hydrogen-bond donors (Lipinski definition) is 0. The molecule has 0 aromatic rings. The van der Waals surface area contributed by atoms with Gasteiger partial charge >= 0.3 is 5.97 Å². The van der Waals surface area contributed by atoms with Gasteiger partial charge in [-0.3, -0.25) is 0 Å². The number of oxime groups is 1. The van der Waals surface area contributed by atoms with Crippen molar-refractivity contribution in [1.82, 2.24) is 0 Å². The highest BCUT2D eigenvalue weighted by Crippen LogP contribution is 1.95. The minimum Gasteiger partial charge on any atom is -0.319 e. The lowest BCUT2D eigenvalue weighted by molar-refractivity contribution is -0.143. The van der Waals surface area contributed by atoms with Crippen LogP contribution in [0.5, 0.6) is 0 Å². The molecule has 0 aromatic heterocycles. The topological polar surface area (TPSA) is 38.7 Å². The molecule has 0 aromatic carbocycles. The van der Waals surface area contributed by atoms with Gasteiger partial charge in [0.1, 0.15) is 0 Å². The van der Waals surface area contributed by atoms with Gasteiger partial charge in [-0.15, -0.1) is 0 Å². The Balaban J connectivity index is 3.16. The van der Waals surface area contributed by atoms with Crippen molar-refractivity contribution in [2.75, 3.05) is 0 Å². The van der Waals surface area contributed by atoms with Crippen molar-refractivity contribution in [2.24, 2.45) is 5.16 Å². The fourth-order valence-electron chi connectivity index (χ4n) is 0.439. The Morgan fingerprint density at radius 1 is 1.78 bits per heavy atom. The van der Waals surface area contributed by atoms with Crippen LogP contribution in [0.3, 0.4) is 0 Å². The second-order valence-electron chi connectivity index (χ2n) is 1.70. The Morgan fingerprint density at radius 3 is 2.89 bits per heavy atom. The third kappa shape index (κ3) is 5.00. The number of carbonyl (C=O) groups is 1. The highest BCUT2D eigenvalue weighted by molar-refractivity contribution is 5.69. The maximum atomic E-state index is 10.4. The fraction of sp³-hybridized carbons (Fsp3) is 0.667. The number of rotatable bonds is 4. The van der Waals surface area contributed by atoms with Crippen molar-refractivity contribution in [3.63, 3.8) is 0 Å². The van der Waals surface area contributed by atoms with Crippen LogP contribution in [0.4, 0.5) is 0 Å². The lowest BCUT2D eigenvalue weighted by Gasteiger charge is -1.92. The summed E-state index contributed by atoms with van der Waals surface area (Å²) >= 11 is 0. The predicted octanol–water partition coefficient (Wildman–Crippen LogP) is 1.34. The molecule has 3 heteroatoms. The molecule has 0 saturated heterocycles. The van der Waals surface area contributed by atoms with Crippen molar-refractivity contribution in [2.45, 2.75) is 26.2 Å². The van der Waals surface area contributed by atoms with Crippen molar-refractivity contribution < 1.29 is 9.63 Å². The van der Waals surface area contributed by atoms with Gasteiger partial charge in [-0.1, -0.05) is 18.5 Å². The van der Waals surface area contributed by atoms with Crippen LogP contribution in [0.1, 0.15) is 26.2 Å². The number of nitrogens with zero attached hydrogens (tertiary/aromatic N) is 1. The summed E-state index contributed by atoms with van der Waals surface area (Å²) in [5.41, 5.74) is 0. The molecule has 0 unspecified atom stereocenters. The molecule has 0 aliphatic heterocycles. The Bertz CT molecular complexity index is 101. The molecule has 0 spiro atoms. The summed E-state index contributed by atoms with van der Waals surface area (Å²) in [7, 11) is 0. The van der Waals surface area contributed by atoms with Gasteiger partial charge in [0.25, 0.3) is 0 Å². The van der Waals surface area contributed by atoms with Crippen LogP contribution in [0, 0.1) is 0 Å². The van der Waals surface area contributed by atoms with Crippen LogP contribution < -0.4 is 0 Å². The third-order valence-corrected chi connectivity index (χ3v) is 0.901. The summed E-state index contributed by atoms with van der Waals surface area (Å²) in [4.78, 5) is 14.7. The Morgan fingerprint density at radius 2 is 2.44 bits per heavy atom. The van der Waals surface area contributed by atoms with Gasteiger partial charge in [0.15, 0.2) is 0 Å². The zero-order valence-electron chi connectivity index (χ0n) is 5.59. The first-order chi connectivity index (χ1) is 4.31. The van der Waals surface area contributed by atoms with E-state index in [2.05, 4.69) is 16.7 Å². The molecule has 0 aliphatic carbocycles. The molecule has 0 rings (SSSR count). The monoisotopic (exact) mass is 129 g/mol. The van der Waals surface area contributed by atoms with Gasteiger partial charge in [-0.05, 0) is 6.42 Å². The van der Waals surface area contributed by atoms with E-state index in [1.165, 1.54) is 0 Å². The number of unbranched alkanes of at least 4 members (excludes halogenated alkanes) is 1. The zero-order valence-corrected chi connectivity index (χ0v) is 5.59. The van der Waals surface area contributed by atoms with E-state index in [0.29, 0.717) is 6.42 Å². The SMILES string of the molecule is C=NOC(=O)CCCC. The lowest BCUT2D eigenvalue weighted by Crippen LogP contribution is -1.97. The second-order valence-corrected chi connectivity index (χ2v) is 1.70. The minimum atomic E-state index is -0.299. The summed E-state index contributed by atoms with van der Waals surface area (Å²) in [5, 5.41) is 2.99. The number of hydrogen-bond acceptors (Lipinski definition) is 3. The van der Waals surface area contributed by atoms with Crippen LogP contribution >= 0.6 is 0 Å². The van der Waals surface area contributed by atoms with Crippen molar-refractivity contribution in [3.8, 4) is 0 Å². The Hall–Kier alpha value is -0.860. The molecule has 0 amide bonds. The molecule has 0 bridgehead atoms. The molecule has 0 fully saturated rings. The molecule has 0 atom stereocenters. The van der Waals surface area contributed by atoms with Crippen LogP contribution in [0.15, 0.2) is 5.16 Å². The van der Waals surface area contributed by atoms with Crippen molar-refractivity contribution >= 4 is 12.7 Å². The smallest absolute Gasteiger partial charge is 0.319 e. The van der Waals surface area contributed by atoms with Crippen molar-refractivity contribution in [1.29, 1.82) is 0 Å². The Kier molecular flexibility index (Phi) is 4.78. The first kappa shape index (κ1) is 8.14. The van der Waals surface area contributed by atoms with Gasteiger partial charge in [0.05, 0.1) is 0 Å². The maximum Gasteiger partial charge on any atom is 0.334 e. The molecular weight excluding hydrogens is 118 g/mol. The summed E-state index contributed by atoms with van der Waals surface area (Å²) in [6.45, 7) is 5.02. The molecule has 0 radical (unpaired) electrons. The molecule has 9 heavy (non-hydrogen) atoms. The quantitative estimate of drug-likeness (QED) is 0.326. The lowest BCUT2D eigenvalue weighted by atomic mass is 10.3. The first-order valence-electron chi connectivity index (χ1n) is 2.97. The van der Waals surface area contributed by atoms with E-state index in [0.717, 1.165) is 12.8 Å². The highest BCUT2D eigenvalue weighted by atomic mass is 16.7. The summed E-state index contributed by atoms with van der Waals surface area (Å²) < 4.78 is 0. The highest BCUT2D eigenvalue weighted by Gasteiger charge is 1.98. The van der Waals surface area contributed by atoms with Gasteiger partial charge in [0, 0.05) is 13.1 Å². The van der Waals surface area contributed by atoms with Crippen LogP contribution in [0.2, 0.25) is 0 Å². The third-order valence-electron chi connectivity index (χ3n) is 0.901. The Labute approximate surface area is 54.7 Å². The maximum absolute atomic E-state index is 10.4. The minimum absolute atomic E-state index is 0.299. The second kappa shape index (κ2) is 5.28. The predicted molar refractivity (Wildman–Crippen MR) is 35.2 cm³/mol. The van der Waals surface area contributed by atoms with Gasteiger partial charge in [0.2, 0.25) is 0 Å². The normalized spacial score (nSPS) is 8.56. The summed E-state index contributed by atoms with van der Waals surface area (Å²) in [5.74, 6) is -0.299. The average molecular weight is 129 g/mol. The van der Waals surface area contributed by atoms with Crippen LogP contribution in [-0.2, 0) is 9.63 Å². The largest absolute Gasteiger partial charge is 0.334 e. The molecule has 0 aliphatic rings. The zero-order chi connectivity index (χ0) is 7.11. The van der Waals surface area contributed by atoms with Gasteiger partial charge in [-0.25, -0.2) is 4.79 Å². The van der Waals surface area contributed by atoms with E-state index in [4.69, 9.17) is 0 Å². The van der Waals surface area contributed by atoms with E-state index in [-0.39, 0.29) is 5.97 Å². The summed E-state index contributed by atoms with van der Waals surface area (Å²) in [6, 6.07) is 0. The molecular formula is C6H11NO2. The standard InChI is InChI=1S/C6H11NO2/c1-3-4-5-6(8)9-7-2/h2-5H2,1H3. The average Bonchev–Trinajstić information content (AvgIpc) is 1.85. The van der Waals surface area contributed by atoms with Crippen LogP contribution in [0.25, 0.3) is 0 Å². The van der Waals surface area contributed by atoms with E-state index in [1.807, 2.05) is 6.92 Å². The van der Waals surface area contributed by atoms with E-state index in [1.54, 1.807) is 0 Å². The summed E-state index contributed by atoms with van der Waals surface area (Å²) in [6.07, 6.45) is 2.29. The fourth-order valence-corrected chi connectivity index (χ4v) is 0.439.